The molecule has 4 aromatic rings. The van der Waals surface area contributed by atoms with Crippen LogP contribution in [0.2, 0.25) is 0 Å². The van der Waals surface area contributed by atoms with Gasteiger partial charge in [-0.1, -0.05) is 36.4 Å². The first kappa shape index (κ1) is 22.5. The second kappa shape index (κ2) is 10.7. The van der Waals surface area contributed by atoms with Gasteiger partial charge >= 0.3 is 5.97 Å². The fraction of sp³-hybridized carbons (Fsp3) is 0.269. The summed E-state index contributed by atoms with van der Waals surface area (Å²) < 4.78 is 12.2. The van der Waals surface area contributed by atoms with Crippen LogP contribution in [0.3, 0.4) is 0 Å². The monoisotopic (exact) mass is 442 g/mol. The van der Waals surface area contributed by atoms with Gasteiger partial charge in [-0.3, -0.25) is 0 Å². The number of esters is 1. The maximum atomic E-state index is 12.1. The van der Waals surface area contributed by atoms with Crippen molar-refractivity contribution < 1.29 is 14.3 Å². The molecule has 0 bridgehead atoms. The van der Waals surface area contributed by atoms with Gasteiger partial charge in [0.1, 0.15) is 5.69 Å². The van der Waals surface area contributed by atoms with Gasteiger partial charge in [0.25, 0.3) is 0 Å². The van der Waals surface area contributed by atoms with E-state index in [1.54, 1.807) is 19.2 Å². The summed E-state index contributed by atoms with van der Waals surface area (Å²) in [6.45, 7) is 6.47. The molecule has 1 aliphatic rings. The van der Waals surface area contributed by atoms with Crippen LogP contribution < -0.4 is 5.32 Å². The zero-order valence-corrected chi connectivity index (χ0v) is 18.6. The maximum absolute atomic E-state index is 12.1. The minimum Gasteiger partial charge on any atom is -0.461 e. The number of rotatable bonds is 4. The highest BCUT2D eigenvalue weighted by Gasteiger charge is 2.16. The lowest BCUT2D eigenvalue weighted by atomic mass is 10.1. The minimum absolute atomic E-state index is 0.296. The molecule has 33 heavy (non-hydrogen) atoms. The van der Waals surface area contributed by atoms with Crippen molar-refractivity contribution in [1.29, 1.82) is 5.26 Å². The van der Waals surface area contributed by atoms with Crippen LogP contribution in [0.1, 0.15) is 28.5 Å². The molecule has 0 unspecified atom stereocenters. The zero-order valence-electron chi connectivity index (χ0n) is 18.6. The molecule has 5 rings (SSSR count). The molecule has 7 heteroatoms. The molecule has 7 nitrogen and oxygen atoms in total. The molecular formula is C26H26N4O3. The zero-order chi connectivity index (χ0) is 23.0. The fourth-order valence-corrected chi connectivity index (χ4v) is 3.89. The molecule has 0 amide bonds. The lowest BCUT2D eigenvalue weighted by Gasteiger charge is -2.10. The molecule has 0 aliphatic carbocycles. The number of nitrogens with one attached hydrogen (secondary N) is 1. The van der Waals surface area contributed by atoms with Crippen molar-refractivity contribution >= 4 is 27.8 Å². The molecule has 1 fully saturated rings. The number of fused-ring (bicyclic) bond motifs is 3. The summed E-state index contributed by atoms with van der Waals surface area (Å²) >= 11 is 0. The Labute approximate surface area is 192 Å². The number of nitrogens with zero attached hydrogens (tertiary/aromatic N) is 3. The number of ether oxygens (including phenoxy) is 2. The number of carbonyl (C=O) groups is 1. The summed E-state index contributed by atoms with van der Waals surface area (Å²) in [5, 5.41) is 14.5. The molecule has 2 aromatic carbocycles. The maximum Gasteiger partial charge on any atom is 0.356 e. The van der Waals surface area contributed by atoms with E-state index in [9.17, 15) is 10.1 Å². The summed E-state index contributed by atoms with van der Waals surface area (Å²) in [4.78, 5) is 16.4. The van der Waals surface area contributed by atoms with Gasteiger partial charge in [-0.05, 0) is 30.7 Å². The summed E-state index contributed by atoms with van der Waals surface area (Å²) in [7, 11) is 0. The van der Waals surface area contributed by atoms with Crippen LogP contribution in [0.5, 0.6) is 0 Å². The molecule has 0 spiro atoms. The standard InChI is InChI=1S/C22H17N3O2.C4H9NO/c1-2-27-22(26)19-11-18-17-9-5-6-10-20(17)25(21(18)13-24-19)14-16-8-4-3-7-15(16)12-23;1-3-6-4-2-5-1/h3-11,13H,2,14H2,1H3;5H,1-4H2. The van der Waals surface area contributed by atoms with E-state index in [0.29, 0.717) is 24.4 Å². The van der Waals surface area contributed by atoms with E-state index in [-0.39, 0.29) is 0 Å². The Morgan fingerprint density at radius 3 is 2.58 bits per heavy atom. The van der Waals surface area contributed by atoms with Gasteiger partial charge in [0.05, 0.1) is 43.2 Å². The second-order valence-electron chi connectivity index (χ2n) is 7.54. The quantitative estimate of drug-likeness (QED) is 0.482. The van der Waals surface area contributed by atoms with Crippen molar-refractivity contribution in [2.45, 2.75) is 13.5 Å². The van der Waals surface area contributed by atoms with Crippen molar-refractivity contribution in [2.24, 2.45) is 0 Å². The van der Waals surface area contributed by atoms with Crippen molar-refractivity contribution in [2.75, 3.05) is 32.9 Å². The van der Waals surface area contributed by atoms with Gasteiger partial charge < -0.3 is 19.4 Å². The highest BCUT2D eigenvalue weighted by atomic mass is 16.5. The number of carbonyl (C=O) groups excluding carboxylic acids is 1. The summed E-state index contributed by atoms with van der Waals surface area (Å²) in [6.07, 6.45) is 1.70. The predicted octanol–water partition coefficient (Wildman–Crippen LogP) is 3.89. The number of nitriles is 1. The third-order valence-electron chi connectivity index (χ3n) is 5.46. The van der Waals surface area contributed by atoms with Gasteiger partial charge in [-0.15, -0.1) is 0 Å². The Kier molecular flexibility index (Phi) is 7.30. The average Bonchev–Trinajstić information content (AvgIpc) is 3.19. The first-order valence-electron chi connectivity index (χ1n) is 11.0. The highest BCUT2D eigenvalue weighted by molar-refractivity contribution is 6.09. The fourth-order valence-electron chi connectivity index (χ4n) is 3.89. The molecule has 1 N–H and O–H groups in total. The van der Waals surface area contributed by atoms with Gasteiger partial charge in [-0.25, -0.2) is 9.78 Å². The normalized spacial score (nSPS) is 13.2. The molecule has 0 radical (unpaired) electrons. The van der Waals surface area contributed by atoms with E-state index < -0.39 is 5.97 Å². The van der Waals surface area contributed by atoms with E-state index in [2.05, 4.69) is 20.9 Å². The van der Waals surface area contributed by atoms with Crippen LogP contribution in [0.25, 0.3) is 21.8 Å². The van der Waals surface area contributed by atoms with Crippen LogP contribution in [-0.4, -0.2) is 48.4 Å². The number of para-hydroxylation sites is 1. The smallest absolute Gasteiger partial charge is 0.356 e. The van der Waals surface area contributed by atoms with Crippen LogP contribution in [0.15, 0.2) is 60.8 Å². The van der Waals surface area contributed by atoms with Gasteiger partial charge in [0, 0.05) is 35.9 Å². The van der Waals surface area contributed by atoms with E-state index in [0.717, 1.165) is 53.7 Å². The molecule has 2 aromatic heterocycles. The Balaban J connectivity index is 0.000000376. The first-order chi connectivity index (χ1) is 16.2. The van der Waals surface area contributed by atoms with E-state index in [1.807, 2.05) is 48.5 Å². The number of hydrogen-bond donors (Lipinski definition) is 1. The van der Waals surface area contributed by atoms with E-state index in [1.165, 1.54) is 0 Å². The summed E-state index contributed by atoms with van der Waals surface area (Å²) in [5.74, 6) is -0.425. The van der Waals surface area contributed by atoms with Crippen molar-refractivity contribution in [3.8, 4) is 6.07 Å². The molecule has 0 atom stereocenters. The highest BCUT2D eigenvalue weighted by Crippen LogP contribution is 2.30. The van der Waals surface area contributed by atoms with Gasteiger partial charge in [-0.2, -0.15) is 5.26 Å². The Morgan fingerprint density at radius 2 is 1.88 bits per heavy atom. The van der Waals surface area contributed by atoms with Crippen molar-refractivity contribution in [3.05, 3.63) is 77.6 Å². The molecule has 0 saturated carbocycles. The summed E-state index contributed by atoms with van der Waals surface area (Å²) in [5.41, 5.74) is 3.83. The molecule has 1 aliphatic heterocycles. The van der Waals surface area contributed by atoms with Crippen molar-refractivity contribution in [3.63, 3.8) is 0 Å². The lowest BCUT2D eigenvalue weighted by Crippen LogP contribution is -2.30. The molecule has 1 saturated heterocycles. The van der Waals surface area contributed by atoms with Gasteiger partial charge in [0.2, 0.25) is 0 Å². The Morgan fingerprint density at radius 1 is 1.12 bits per heavy atom. The predicted molar refractivity (Wildman–Crippen MR) is 127 cm³/mol. The third kappa shape index (κ3) is 5.03. The summed E-state index contributed by atoms with van der Waals surface area (Å²) in [6, 6.07) is 19.6. The minimum atomic E-state index is -0.425. The van der Waals surface area contributed by atoms with E-state index in [4.69, 9.17) is 9.47 Å². The number of morpholine rings is 1. The Bertz CT molecular complexity index is 1290. The number of aromatic nitrogens is 2. The molecule has 168 valence electrons. The van der Waals surface area contributed by atoms with Crippen molar-refractivity contribution in [1.82, 2.24) is 14.9 Å². The number of hydrogen-bond acceptors (Lipinski definition) is 6. The van der Waals surface area contributed by atoms with E-state index >= 15 is 0 Å². The first-order valence-corrected chi connectivity index (χ1v) is 11.0. The largest absolute Gasteiger partial charge is 0.461 e. The number of pyridine rings is 1. The Hall–Kier alpha value is -3.73. The van der Waals surface area contributed by atoms with Crippen LogP contribution in [-0.2, 0) is 16.0 Å². The molecular weight excluding hydrogens is 416 g/mol. The van der Waals surface area contributed by atoms with Crippen LogP contribution in [0, 0.1) is 11.3 Å². The SMILES string of the molecule is C1COCCN1.CCOC(=O)c1cc2c3ccccc3n(Cc3ccccc3C#N)c2cn1. The number of benzene rings is 2. The lowest BCUT2D eigenvalue weighted by molar-refractivity contribution is 0.0519. The van der Waals surface area contributed by atoms with Crippen LogP contribution >= 0.6 is 0 Å². The molecule has 3 heterocycles. The third-order valence-corrected chi connectivity index (χ3v) is 5.46. The second-order valence-corrected chi connectivity index (χ2v) is 7.54. The van der Waals surface area contributed by atoms with Crippen LogP contribution in [0.4, 0.5) is 0 Å². The topological polar surface area (TPSA) is 89.2 Å². The van der Waals surface area contributed by atoms with Gasteiger partial charge in [0.15, 0.2) is 0 Å². The average molecular weight is 443 g/mol.